The van der Waals surface area contributed by atoms with E-state index in [4.69, 9.17) is 20.1 Å². The highest BCUT2D eigenvalue weighted by Gasteiger charge is 2.28. The Morgan fingerprint density at radius 2 is 2.07 bits per heavy atom. The number of pyridine rings is 1. The van der Waals surface area contributed by atoms with Crippen LogP contribution >= 0.6 is 0 Å². The third-order valence-electron chi connectivity index (χ3n) is 3.68. The van der Waals surface area contributed by atoms with Gasteiger partial charge in [-0.2, -0.15) is 4.98 Å². The van der Waals surface area contributed by atoms with E-state index in [1.54, 1.807) is 12.1 Å². The van der Waals surface area contributed by atoms with Crippen molar-refractivity contribution < 1.29 is 33.9 Å². The number of methoxy groups -OCH3 is 1. The van der Waals surface area contributed by atoms with Gasteiger partial charge >= 0.3 is 12.0 Å². The summed E-state index contributed by atoms with van der Waals surface area (Å²) in [6.07, 6.45) is -0.284. The Morgan fingerprint density at radius 1 is 1.34 bits per heavy atom. The monoisotopic (exact) mass is 408 g/mol. The van der Waals surface area contributed by atoms with Gasteiger partial charge in [0.05, 0.1) is 19.6 Å². The van der Waals surface area contributed by atoms with Gasteiger partial charge in [-0.3, -0.25) is 9.78 Å². The fourth-order valence-corrected chi connectivity index (χ4v) is 2.27. The van der Waals surface area contributed by atoms with Crippen LogP contribution in [0, 0.1) is 0 Å². The van der Waals surface area contributed by atoms with Gasteiger partial charge in [0.25, 0.3) is 0 Å². The second-order valence-electron chi connectivity index (χ2n) is 5.93. The van der Waals surface area contributed by atoms with Crippen LogP contribution in [0.3, 0.4) is 0 Å². The van der Waals surface area contributed by atoms with Crippen LogP contribution in [0.1, 0.15) is 25.3 Å². The molecule has 2 heterocycles. The third kappa shape index (κ3) is 5.87. The first-order valence-electron chi connectivity index (χ1n) is 8.31. The van der Waals surface area contributed by atoms with Crippen molar-refractivity contribution in [2.24, 2.45) is 5.73 Å². The number of rotatable bonds is 9. The van der Waals surface area contributed by atoms with Crippen molar-refractivity contribution in [2.75, 3.05) is 7.11 Å². The summed E-state index contributed by atoms with van der Waals surface area (Å²) in [5, 5.41) is 26.6. The molecule has 0 radical (unpaired) electrons. The molecule has 2 aromatic heterocycles. The van der Waals surface area contributed by atoms with E-state index >= 15 is 0 Å². The fraction of sp³-hybridized carbons (Fsp3) is 0.375. The van der Waals surface area contributed by atoms with E-state index in [1.807, 2.05) is 0 Å². The number of urea groups is 1. The minimum Gasteiger partial charge on any atom is -0.497 e. The summed E-state index contributed by atoms with van der Waals surface area (Å²) in [5.74, 6) is -1.79. The summed E-state index contributed by atoms with van der Waals surface area (Å²) in [4.78, 5) is 42.8. The number of amides is 3. The van der Waals surface area contributed by atoms with Crippen LogP contribution in [-0.4, -0.2) is 62.5 Å². The van der Waals surface area contributed by atoms with Crippen LogP contribution in [0.25, 0.3) is 11.5 Å². The molecule has 29 heavy (non-hydrogen) atoms. The van der Waals surface area contributed by atoms with Crippen molar-refractivity contribution in [1.29, 1.82) is 0 Å². The molecule has 2 aromatic rings. The van der Waals surface area contributed by atoms with Crippen LogP contribution in [0.2, 0.25) is 0 Å². The molecular formula is C16H20N6O7. The number of nitrogens with one attached hydrogen (secondary N) is 2. The zero-order chi connectivity index (χ0) is 21.6. The lowest BCUT2D eigenvalue weighted by Gasteiger charge is -2.19. The van der Waals surface area contributed by atoms with Crippen LogP contribution in [-0.2, 0) is 9.59 Å². The number of nitrogens with two attached hydrogens (primary N) is 1. The Hall–Kier alpha value is -3.74. The number of carbonyl (C=O) groups is 3. The Kier molecular flexibility index (Phi) is 7.03. The standard InChI is InChI=1S/C16H20N6O7/c1-7(23)12(15(25)26)20-16(27)19-10(6-11(17)24)14-21-13(22-29-14)9-5-8(28-2)3-4-18-9/h3-5,7,10,12,23H,6H2,1-2H3,(H2,17,24)(H,25,26)(H2,19,20,27)/t7?,10-,12?/m0/s1. The average Bonchev–Trinajstić information content (AvgIpc) is 3.15. The second kappa shape index (κ2) is 9.45. The van der Waals surface area contributed by atoms with E-state index in [-0.39, 0.29) is 11.7 Å². The van der Waals surface area contributed by atoms with Crippen LogP contribution in [0.5, 0.6) is 5.75 Å². The maximum atomic E-state index is 12.1. The molecule has 3 amide bonds. The van der Waals surface area contributed by atoms with Crippen LogP contribution in [0.15, 0.2) is 22.9 Å². The molecule has 0 spiro atoms. The van der Waals surface area contributed by atoms with Crippen LogP contribution in [0.4, 0.5) is 4.79 Å². The number of ether oxygens (including phenoxy) is 1. The van der Waals surface area contributed by atoms with Gasteiger partial charge in [0, 0.05) is 12.3 Å². The molecule has 6 N–H and O–H groups in total. The molecule has 0 aliphatic heterocycles. The highest BCUT2D eigenvalue weighted by atomic mass is 16.5. The number of primary amides is 1. The van der Waals surface area contributed by atoms with Gasteiger partial charge in [0.2, 0.25) is 17.6 Å². The van der Waals surface area contributed by atoms with Crippen molar-refractivity contribution in [1.82, 2.24) is 25.8 Å². The summed E-state index contributed by atoms with van der Waals surface area (Å²) >= 11 is 0. The maximum Gasteiger partial charge on any atom is 0.328 e. The van der Waals surface area contributed by atoms with Crippen molar-refractivity contribution in [3.63, 3.8) is 0 Å². The minimum atomic E-state index is -1.57. The van der Waals surface area contributed by atoms with Crippen LogP contribution < -0.4 is 21.1 Å². The number of aliphatic hydroxyl groups is 1. The molecule has 0 fully saturated rings. The predicted molar refractivity (Wildman–Crippen MR) is 95.4 cm³/mol. The summed E-state index contributed by atoms with van der Waals surface area (Å²) in [5.41, 5.74) is 5.52. The number of carboxylic acid groups (broad SMARTS) is 1. The summed E-state index contributed by atoms with van der Waals surface area (Å²) < 4.78 is 10.2. The predicted octanol–water partition coefficient (Wildman–Crippen LogP) is -0.810. The highest BCUT2D eigenvalue weighted by molar-refractivity contribution is 5.83. The van der Waals surface area contributed by atoms with Crippen molar-refractivity contribution in [3.8, 4) is 17.3 Å². The smallest absolute Gasteiger partial charge is 0.328 e. The zero-order valence-electron chi connectivity index (χ0n) is 15.5. The topological polar surface area (TPSA) is 203 Å². The minimum absolute atomic E-state index is 0.0722. The first-order chi connectivity index (χ1) is 13.7. The lowest BCUT2D eigenvalue weighted by atomic mass is 10.2. The number of carbonyl (C=O) groups excluding carboxylic acids is 2. The molecule has 13 nitrogen and oxygen atoms in total. The number of nitrogens with zero attached hydrogens (tertiary/aromatic N) is 3. The van der Waals surface area contributed by atoms with Gasteiger partial charge in [-0.1, -0.05) is 5.16 Å². The molecule has 0 saturated heterocycles. The van der Waals surface area contributed by atoms with E-state index in [1.165, 1.54) is 20.2 Å². The lowest BCUT2D eigenvalue weighted by molar-refractivity contribution is -0.141. The van der Waals surface area contributed by atoms with E-state index in [0.717, 1.165) is 0 Å². The van der Waals surface area contributed by atoms with E-state index in [2.05, 4.69) is 25.8 Å². The number of hydrogen-bond acceptors (Lipinski definition) is 9. The second-order valence-corrected chi connectivity index (χ2v) is 5.93. The Morgan fingerprint density at radius 3 is 2.66 bits per heavy atom. The summed E-state index contributed by atoms with van der Waals surface area (Å²) in [6, 6.07) is -0.513. The highest BCUT2D eigenvalue weighted by Crippen LogP contribution is 2.22. The van der Waals surface area contributed by atoms with Gasteiger partial charge in [-0.05, 0) is 13.0 Å². The van der Waals surface area contributed by atoms with Gasteiger partial charge in [0.1, 0.15) is 17.5 Å². The van der Waals surface area contributed by atoms with Gasteiger partial charge in [-0.15, -0.1) is 0 Å². The third-order valence-corrected chi connectivity index (χ3v) is 3.68. The van der Waals surface area contributed by atoms with Gasteiger partial charge in [0.15, 0.2) is 6.04 Å². The first kappa shape index (κ1) is 21.6. The molecule has 3 atom stereocenters. The first-order valence-corrected chi connectivity index (χ1v) is 8.31. The molecule has 0 aliphatic carbocycles. The normalized spacial score (nSPS) is 13.8. The van der Waals surface area contributed by atoms with Crippen molar-refractivity contribution in [2.45, 2.75) is 31.5 Å². The number of hydrogen-bond donors (Lipinski definition) is 5. The summed E-state index contributed by atoms with van der Waals surface area (Å²) in [6.45, 7) is 1.20. The Labute approximate surface area is 164 Å². The number of aliphatic hydroxyl groups excluding tert-OH is 1. The fourth-order valence-electron chi connectivity index (χ4n) is 2.27. The largest absolute Gasteiger partial charge is 0.497 e. The van der Waals surface area contributed by atoms with E-state index in [9.17, 15) is 19.5 Å². The molecule has 0 bridgehead atoms. The van der Waals surface area contributed by atoms with Gasteiger partial charge < -0.3 is 35.8 Å². The molecule has 0 saturated carbocycles. The summed E-state index contributed by atoms with van der Waals surface area (Å²) in [7, 11) is 1.48. The molecule has 156 valence electrons. The molecule has 13 heteroatoms. The molecule has 2 rings (SSSR count). The molecular weight excluding hydrogens is 388 g/mol. The zero-order valence-corrected chi connectivity index (χ0v) is 15.5. The molecule has 0 aliphatic rings. The number of carboxylic acids is 1. The Balaban J connectivity index is 2.20. The lowest BCUT2D eigenvalue weighted by Crippen LogP contribution is -2.52. The van der Waals surface area contributed by atoms with E-state index in [0.29, 0.717) is 11.4 Å². The van der Waals surface area contributed by atoms with Crippen molar-refractivity contribution >= 4 is 17.9 Å². The Bertz CT molecular complexity index is 884. The SMILES string of the molecule is COc1ccnc(-c2noc([C@H](CC(N)=O)NC(=O)NC(C(=O)O)C(C)O)n2)c1. The quantitative estimate of drug-likeness (QED) is 0.349. The molecule has 0 aromatic carbocycles. The molecule has 2 unspecified atom stereocenters. The maximum absolute atomic E-state index is 12.1. The van der Waals surface area contributed by atoms with E-state index < -0.39 is 42.5 Å². The number of aromatic nitrogens is 3. The van der Waals surface area contributed by atoms with Crippen molar-refractivity contribution in [3.05, 3.63) is 24.2 Å². The van der Waals surface area contributed by atoms with Gasteiger partial charge in [-0.25, -0.2) is 9.59 Å². The number of aliphatic carboxylic acids is 1. The average molecular weight is 408 g/mol.